The fourth-order valence-corrected chi connectivity index (χ4v) is 6.24. The summed E-state index contributed by atoms with van der Waals surface area (Å²) in [7, 11) is 0. The number of hydrogen-bond acceptors (Lipinski definition) is 8. The van der Waals surface area contributed by atoms with E-state index in [0.29, 0.717) is 11.4 Å². The predicted octanol–water partition coefficient (Wildman–Crippen LogP) is 12.4. The van der Waals surface area contributed by atoms with Crippen LogP contribution in [0.2, 0.25) is 0 Å². The summed E-state index contributed by atoms with van der Waals surface area (Å²) in [4.78, 5) is 42.3. The number of carbonyl (C=O) groups is 2. The first kappa shape index (κ1) is 52.5. The molecular weight excluding hydrogens is 964 g/mol. The minimum atomic E-state index is -0.381. The van der Waals surface area contributed by atoms with Crippen molar-refractivity contribution in [2.45, 2.75) is 60.3 Å². The largest absolute Gasteiger partial charge is 0.493 e. The molecule has 0 atom stereocenters. The zero-order chi connectivity index (χ0) is 39.6. The molecule has 2 N–H and O–H groups in total. The van der Waals surface area contributed by atoms with Crippen molar-refractivity contribution in [1.29, 1.82) is 0 Å². The van der Waals surface area contributed by atoms with E-state index in [0.717, 1.165) is 50.3 Å². The van der Waals surface area contributed by atoms with Crippen LogP contribution in [0.1, 0.15) is 88.1 Å². The third-order valence-corrected chi connectivity index (χ3v) is 9.02. The maximum Gasteiger partial charge on any atom is 0.222 e. The maximum atomic E-state index is 12.7. The molecule has 6 aromatic rings. The van der Waals surface area contributed by atoms with Crippen LogP contribution in [0.4, 0.5) is 11.4 Å². The van der Waals surface area contributed by atoms with Gasteiger partial charge in [0.2, 0.25) is 23.3 Å². The Hall–Kier alpha value is -4.54. The first-order valence-corrected chi connectivity index (χ1v) is 18.2. The van der Waals surface area contributed by atoms with E-state index in [1.165, 1.54) is 12.4 Å². The van der Waals surface area contributed by atoms with Gasteiger partial charge < -0.3 is 10.2 Å². The van der Waals surface area contributed by atoms with Gasteiger partial charge in [0.05, 0.1) is 46.3 Å². The summed E-state index contributed by atoms with van der Waals surface area (Å²) in [5.74, 6) is -0.756. The molecule has 0 spiro atoms. The van der Waals surface area contributed by atoms with E-state index in [9.17, 15) is 19.8 Å². The summed E-state index contributed by atoms with van der Waals surface area (Å²) in [5, 5.41) is 20.5. The van der Waals surface area contributed by atoms with Crippen LogP contribution in [-0.4, -0.2) is 44.2 Å². The minimum absolute atomic E-state index is 0. The number of rotatable bonds is 10. The maximum absolute atomic E-state index is 12.7. The number of aromatic hydroxyl groups is 2. The summed E-state index contributed by atoms with van der Waals surface area (Å²) in [6, 6.07) is 35.8. The summed E-state index contributed by atoms with van der Waals surface area (Å²) in [6.07, 6.45) is 2.52. The van der Waals surface area contributed by atoms with Gasteiger partial charge in [-0.15, -0.1) is 34.0 Å². The Morgan fingerprint density at radius 2 is 0.932 bits per heavy atom. The van der Waals surface area contributed by atoms with Crippen molar-refractivity contribution in [2.24, 2.45) is 9.98 Å². The van der Waals surface area contributed by atoms with Gasteiger partial charge in [0.1, 0.15) is 0 Å². The number of pyridine rings is 2. The van der Waals surface area contributed by atoms with Gasteiger partial charge in [-0.05, 0) is 79.1 Å². The Kier molecular flexibility index (Phi) is 21.8. The second-order valence-electron chi connectivity index (χ2n) is 14.0. The molecule has 0 amide bonds. The number of para-hydroxylation sites is 1. The number of benzene rings is 4. The molecule has 1 radical (unpaired) electrons. The van der Waals surface area contributed by atoms with Gasteiger partial charge in [-0.1, -0.05) is 124 Å². The van der Waals surface area contributed by atoms with Crippen LogP contribution in [0.25, 0.3) is 22.5 Å². The fourth-order valence-electron chi connectivity index (χ4n) is 6.24. The number of nitrogens with zero attached hydrogens (tertiary/aromatic N) is 4. The number of hydrogen-bond donors (Lipinski definition) is 2. The van der Waals surface area contributed by atoms with E-state index < -0.39 is 0 Å². The topological polar surface area (TPSA) is 125 Å². The first-order valence-electron chi connectivity index (χ1n) is 18.2. The average molecular weight is 1010 g/mol. The third kappa shape index (κ3) is 13.8. The van der Waals surface area contributed by atoms with Gasteiger partial charge in [0.15, 0.2) is 0 Å². The number of aliphatic imine (C=N–C) groups is 2. The third-order valence-electron chi connectivity index (χ3n) is 9.02. The number of halogens is 2. The van der Waals surface area contributed by atoms with Crippen molar-refractivity contribution in [3.8, 4) is 34.3 Å². The molecule has 6 rings (SSSR count). The van der Waals surface area contributed by atoms with E-state index >= 15 is 0 Å². The van der Waals surface area contributed by atoms with Gasteiger partial charge in [-0.3, -0.25) is 19.6 Å². The zero-order valence-corrected chi connectivity index (χ0v) is 39.2. The molecular formula is C47H48Br2CuFeN4O4. The van der Waals surface area contributed by atoms with Crippen molar-refractivity contribution in [2.75, 3.05) is 0 Å². The quantitative estimate of drug-likeness (QED) is 0.0800. The van der Waals surface area contributed by atoms with Crippen molar-refractivity contribution in [3.63, 3.8) is 0 Å². The molecule has 0 unspecified atom stereocenters. The molecule has 59 heavy (non-hydrogen) atoms. The molecule has 4 aromatic carbocycles. The summed E-state index contributed by atoms with van der Waals surface area (Å²) >= 11 is 0. The van der Waals surface area contributed by atoms with Gasteiger partial charge in [-0.25, -0.2) is 9.97 Å². The second kappa shape index (κ2) is 24.5. The number of aromatic nitrogens is 2. The summed E-state index contributed by atoms with van der Waals surface area (Å²) < 4.78 is 0. The normalized spacial score (nSPS) is 10.5. The molecule has 2 aromatic heterocycles. The molecule has 0 saturated heterocycles. The van der Waals surface area contributed by atoms with E-state index in [1.54, 1.807) is 24.3 Å². The van der Waals surface area contributed by atoms with E-state index in [1.807, 2.05) is 112 Å². The van der Waals surface area contributed by atoms with Crippen LogP contribution in [0.3, 0.4) is 0 Å². The predicted molar refractivity (Wildman–Crippen MR) is 244 cm³/mol. The van der Waals surface area contributed by atoms with Crippen LogP contribution >= 0.6 is 34.0 Å². The van der Waals surface area contributed by atoms with Crippen molar-refractivity contribution in [3.05, 3.63) is 154 Å². The smallest absolute Gasteiger partial charge is 0.222 e. The Labute approximate surface area is 389 Å². The summed E-state index contributed by atoms with van der Waals surface area (Å²) in [6.45, 7) is 14.4. The van der Waals surface area contributed by atoms with E-state index in [-0.39, 0.29) is 114 Å². The number of carbonyl (C=O) groups excluding carboxylic acids is 2. The fraction of sp³-hybridized carbons (Fsp3) is 0.191. The zero-order valence-electron chi connectivity index (χ0n) is 33.8. The molecule has 0 bridgehead atoms. The molecule has 0 aliphatic rings. The van der Waals surface area contributed by atoms with Crippen molar-refractivity contribution >= 4 is 69.3 Å². The molecule has 8 nitrogen and oxygen atoms in total. The van der Waals surface area contributed by atoms with Gasteiger partial charge in [-0.2, -0.15) is 0 Å². The van der Waals surface area contributed by atoms with Gasteiger partial charge in [0, 0.05) is 45.3 Å². The van der Waals surface area contributed by atoms with Crippen LogP contribution in [0, 0.1) is 20.8 Å². The number of ketones is 2. The standard InChI is InChI=1S/C25H26N2O2.C22H20N2O2.2BrH.Cu.Fe/c1-16(2)19-11-8-12-20(17(3)4)24(19)26-15-23(28)21-13-14-22(27-25(21)29)18-9-6-5-7-10-18;1-14-11-15(2)21(16(3)12-14)23-13-20(25)18-9-10-19(24-22(18)26)17-7-5-4-6-8-17;;;;/h5-17H,1-4H3,(H,27,29);4-13H,1-3H3,(H,24,26);2*1H;;. The number of Topliss-reactive ketones (excluding diaryl/α,β-unsaturated/α-hetero) is 2. The van der Waals surface area contributed by atoms with Crippen LogP contribution in [-0.2, 0) is 34.1 Å². The molecule has 2 heterocycles. The Balaban J connectivity index is 0.000000555. The minimum Gasteiger partial charge on any atom is -0.493 e. The number of aryl methyl sites for hydroxylation is 3. The molecule has 313 valence electrons. The van der Waals surface area contributed by atoms with Gasteiger partial charge in [0.25, 0.3) is 0 Å². The monoisotopic (exact) mass is 1010 g/mol. The second-order valence-corrected chi connectivity index (χ2v) is 14.0. The Morgan fingerprint density at radius 3 is 1.29 bits per heavy atom. The van der Waals surface area contributed by atoms with Gasteiger partial charge >= 0.3 is 0 Å². The molecule has 0 aliphatic carbocycles. The van der Waals surface area contributed by atoms with E-state index in [2.05, 4.69) is 47.6 Å². The van der Waals surface area contributed by atoms with Crippen LogP contribution < -0.4 is 0 Å². The Bertz CT molecular complexity index is 2340. The van der Waals surface area contributed by atoms with E-state index in [4.69, 9.17) is 0 Å². The SMILES string of the molecule is Br.Br.CC(C)c1cccc(C(C)C)c1N=CC(=O)c1ccc(-c2ccccc2)nc1O.Cc1cc(C)c(N=CC(=O)c2ccc(-c3ccccc3)nc2O)c(C)c1.[Cu].[Fe]. The summed E-state index contributed by atoms with van der Waals surface area (Å²) in [5.41, 5.74) is 10.2. The van der Waals surface area contributed by atoms with Crippen LogP contribution in [0.15, 0.2) is 125 Å². The Morgan fingerprint density at radius 1 is 0.559 bits per heavy atom. The average Bonchev–Trinajstić information content (AvgIpc) is 3.17. The molecule has 0 aliphatic heterocycles. The first-order chi connectivity index (χ1) is 26.3. The van der Waals surface area contributed by atoms with Crippen molar-refractivity contribution < 1.29 is 53.9 Å². The van der Waals surface area contributed by atoms with Crippen molar-refractivity contribution in [1.82, 2.24) is 9.97 Å². The molecule has 0 fully saturated rings. The van der Waals surface area contributed by atoms with Crippen LogP contribution in [0.5, 0.6) is 11.8 Å². The molecule has 0 saturated carbocycles. The molecule has 12 heteroatoms.